The van der Waals surface area contributed by atoms with Gasteiger partial charge in [-0.25, -0.2) is 4.39 Å². The van der Waals surface area contributed by atoms with E-state index in [0.29, 0.717) is 28.8 Å². The molecule has 1 saturated heterocycles. The molecule has 2 amide bonds. The summed E-state index contributed by atoms with van der Waals surface area (Å²) >= 11 is 5.99. The summed E-state index contributed by atoms with van der Waals surface area (Å²) in [5, 5.41) is 4.27. The van der Waals surface area contributed by atoms with Gasteiger partial charge in [0.25, 0.3) is 11.8 Å². The van der Waals surface area contributed by atoms with Crippen molar-refractivity contribution in [1.29, 1.82) is 0 Å². The lowest BCUT2D eigenvalue weighted by molar-refractivity contribution is -0.123. The van der Waals surface area contributed by atoms with E-state index in [1.807, 2.05) is 4.90 Å². The molecule has 0 aliphatic carbocycles. The Balaban J connectivity index is 1.31. The molecule has 1 fully saturated rings. The minimum atomic E-state index is -0.490. The molecule has 0 spiro atoms. The summed E-state index contributed by atoms with van der Waals surface area (Å²) in [6.07, 6.45) is 1.69. The zero-order valence-corrected chi connectivity index (χ0v) is 17.8. The average Bonchev–Trinajstić information content (AvgIpc) is 3.28. The van der Waals surface area contributed by atoms with E-state index in [9.17, 15) is 14.0 Å². The van der Waals surface area contributed by atoms with Crippen LogP contribution in [0.3, 0.4) is 0 Å². The standard InChI is InChI=1S/C22H21ClFN5O3/c23-18-9-2-1-8-17(18)21(31)27-26-19(30)13-29-10-4-6-15(12-29)22-25-20(28-32-22)14-5-3-7-16(24)11-14/h1-3,5,7-9,11,15H,4,6,10,12-13H2,(H,26,30)(H,27,31). The van der Waals surface area contributed by atoms with Crippen LogP contribution in [0.1, 0.15) is 35.0 Å². The Bertz CT molecular complexity index is 1120. The Labute approximate surface area is 188 Å². The lowest BCUT2D eigenvalue weighted by Crippen LogP contribution is -2.48. The van der Waals surface area contributed by atoms with Crippen LogP contribution in [-0.2, 0) is 4.79 Å². The number of carbonyl (C=O) groups is 2. The van der Waals surface area contributed by atoms with Gasteiger partial charge in [0.15, 0.2) is 0 Å². The van der Waals surface area contributed by atoms with E-state index in [1.54, 1.807) is 36.4 Å². The molecule has 2 aromatic carbocycles. The van der Waals surface area contributed by atoms with Crippen LogP contribution < -0.4 is 10.9 Å². The van der Waals surface area contributed by atoms with Gasteiger partial charge in [-0.3, -0.25) is 25.3 Å². The first kappa shape index (κ1) is 21.9. The monoisotopic (exact) mass is 457 g/mol. The van der Waals surface area contributed by atoms with E-state index >= 15 is 0 Å². The van der Waals surface area contributed by atoms with Crippen LogP contribution in [-0.4, -0.2) is 46.5 Å². The number of rotatable bonds is 5. The molecular formula is C22H21ClFN5O3. The quantitative estimate of drug-likeness (QED) is 0.571. The molecule has 2 heterocycles. The topological polar surface area (TPSA) is 100 Å². The van der Waals surface area contributed by atoms with Crippen molar-refractivity contribution < 1.29 is 18.5 Å². The Hall–Kier alpha value is -3.30. The van der Waals surface area contributed by atoms with Crippen LogP contribution >= 0.6 is 11.6 Å². The molecule has 32 heavy (non-hydrogen) atoms. The first-order chi connectivity index (χ1) is 15.5. The first-order valence-electron chi connectivity index (χ1n) is 10.1. The smallest absolute Gasteiger partial charge is 0.271 e. The predicted molar refractivity (Wildman–Crippen MR) is 115 cm³/mol. The van der Waals surface area contributed by atoms with E-state index in [4.69, 9.17) is 16.1 Å². The molecule has 2 N–H and O–H groups in total. The van der Waals surface area contributed by atoms with E-state index in [0.717, 1.165) is 19.4 Å². The fraction of sp³-hybridized carbons (Fsp3) is 0.273. The van der Waals surface area contributed by atoms with Gasteiger partial charge in [-0.15, -0.1) is 0 Å². The number of hydrazine groups is 1. The van der Waals surface area contributed by atoms with Crippen molar-refractivity contribution in [2.45, 2.75) is 18.8 Å². The summed E-state index contributed by atoms with van der Waals surface area (Å²) in [6.45, 7) is 1.38. The maximum absolute atomic E-state index is 13.5. The minimum Gasteiger partial charge on any atom is -0.339 e. The normalized spacial score (nSPS) is 16.5. The molecule has 8 nitrogen and oxygen atoms in total. The Morgan fingerprint density at radius 1 is 1.19 bits per heavy atom. The van der Waals surface area contributed by atoms with Gasteiger partial charge in [-0.1, -0.05) is 41.0 Å². The van der Waals surface area contributed by atoms with Crippen molar-refractivity contribution in [2.24, 2.45) is 0 Å². The van der Waals surface area contributed by atoms with Gasteiger partial charge in [0.2, 0.25) is 11.7 Å². The van der Waals surface area contributed by atoms with Gasteiger partial charge in [0.1, 0.15) is 5.82 Å². The van der Waals surface area contributed by atoms with E-state index in [2.05, 4.69) is 21.0 Å². The Morgan fingerprint density at radius 2 is 2.03 bits per heavy atom. The summed E-state index contributed by atoms with van der Waals surface area (Å²) in [7, 11) is 0. The number of likely N-dealkylation sites (tertiary alicyclic amines) is 1. The lowest BCUT2D eigenvalue weighted by Gasteiger charge is -2.30. The van der Waals surface area contributed by atoms with E-state index in [-0.39, 0.29) is 29.8 Å². The molecule has 4 rings (SSSR count). The van der Waals surface area contributed by atoms with Crippen molar-refractivity contribution >= 4 is 23.4 Å². The molecule has 1 aliphatic heterocycles. The number of halogens is 2. The molecule has 1 atom stereocenters. The predicted octanol–water partition coefficient (Wildman–Crippen LogP) is 3.17. The van der Waals surface area contributed by atoms with Crippen LogP contribution in [0, 0.1) is 5.82 Å². The van der Waals surface area contributed by atoms with Gasteiger partial charge in [0, 0.05) is 12.1 Å². The molecular weight excluding hydrogens is 437 g/mol. The fourth-order valence-electron chi connectivity index (χ4n) is 3.63. The summed E-state index contributed by atoms with van der Waals surface area (Å²) in [5.41, 5.74) is 5.61. The first-order valence-corrected chi connectivity index (χ1v) is 10.5. The maximum atomic E-state index is 13.5. The SMILES string of the molecule is O=C(CN1CCCC(c2nc(-c3cccc(F)c3)no2)C1)NNC(=O)c1ccccc1Cl. The van der Waals surface area contributed by atoms with Gasteiger partial charge >= 0.3 is 0 Å². The van der Waals surface area contributed by atoms with Crippen molar-refractivity contribution in [3.8, 4) is 11.4 Å². The number of amides is 2. The summed E-state index contributed by atoms with van der Waals surface area (Å²) < 4.78 is 18.9. The Morgan fingerprint density at radius 3 is 2.84 bits per heavy atom. The van der Waals surface area contributed by atoms with E-state index in [1.165, 1.54) is 12.1 Å². The fourth-order valence-corrected chi connectivity index (χ4v) is 3.85. The minimum absolute atomic E-state index is 0.0379. The van der Waals surface area contributed by atoms with Crippen LogP contribution in [0.25, 0.3) is 11.4 Å². The number of hydrogen-bond donors (Lipinski definition) is 2. The zero-order valence-electron chi connectivity index (χ0n) is 17.1. The molecule has 166 valence electrons. The zero-order chi connectivity index (χ0) is 22.5. The second kappa shape index (κ2) is 9.88. The molecule has 0 saturated carbocycles. The molecule has 1 unspecified atom stereocenters. The number of nitrogens with zero attached hydrogens (tertiary/aromatic N) is 3. The number of nitrogens with one attached hydrogen (secondary N) is 2. The highest BCUT2D eigenvalue weighted by Gasteiger charge is 2.27. The summed E-state index contributed by atoms with van der Waals surface area (Å²) in [6, 6.07) is 12.6. The third-order valence-electron chi connectivity index (χ3n) is 5.18. The highest BCUT2D eigenvalue weighted by molar-refractivity contribution is 6.33. The number of piperidine rings is 1. The van der Waals surface area contributed by atoms with Crippen molar-refractivity contribution in [2.75, 3.05) is 19.6 Å². The van der Waals surface area contributed by atoms with Gasteiger partial charge < -0.3 is 4.52 Å². The molecule has 1 aliphatic rings. The van der Waals surface area contributed by atoms with E-state index < -0.39 is 5.91 Å². The van der Waals surface area contributed by atoms with Crippen molar-refractivity contribution in [3.05, 3.63) is 70.8 Å². The van der Waals surface area contributed by atoms with Gasteiger partial charge in [-0.2, -0.15) is 4.98 Å². The maximum Gasteiger partial charge on any atom is 0.271 e. The molecule has 0 bridgehead atoms. The lowest BCUT2D eigenvalue weighted by atomic mass is 9.98. The number of hydrogen-bond acceptors (Lipinski definition) is 6. The average molecular weight is 458 g/mol. The third kappa shape index (κ3) is 5.30. The molecule has 0 radical (unpaired) electrons. The highest BCUT2D eigenvalue weighted by Crippen LogP contribution is 2.27. The number of aromatic nitrogens is 2. The van der Waals surface area contributed by atoms with Crippen LogP contribution in [0.2, 0.25) is 5.02 Å². The van der Waals surface area contributed by atoms with Crippen LogP contribution in [0.15, 0.2) is 53.1 Å². The number of benzene rings is 2. The van der Waals surface area contributed by atoms with Crippen molar-refractivity contribution in [1.82, 2.24) is 25.9 Å². The Kier molecular flexibility index (Phi) is 6.77. The second-order valence-electron chi connectivity index (χ2n) is 7.52. The second-order valence-corrected chi connectivity index (χ2v) is 7.93. The molecule has 10 heteroatoms. The van der Waals surface area contributed by atoms with Gasteiger partial charge in [-0.05, 0) is 43.7 Å². The van der Waals surface area contributed by atoms with Gasteiger partial charge in [0.05, 0.1) is 23.0 Å². The highest BCUT2D eigenvalue weighted by atomic mass is 35.5. The van der Waals surface area contributed by atoms with Crippen molar-refractivity contribution in [3.63, 3.8) is 0 Å². The summed E-state index contributed by atoms with van der Waals surface area (Å²) in [4.78, 5) is 30.8. The number of carbonyl (C=O) groups excluding carboxylic acids is 2. The third-order valence-corrected chi connectivity index (χ3v) is 5.51. The van der Waals surface area contributed by atoms with Crippen LogP contribution in [0.4, 0.5) is 4.39 Å². The molecule has 3 aromatic rings. The largest absolute Gasteiger partial charge is 0.339 e. The van der Waals surface area contributed by atoms with Crippen LogP contribution in [0.5, 0.6) is 0 Å². The summed E-state index contributed by atoms with van der Waals surface area (Å²) in [5.74, 6) is -0.458. The molecule has 1 aromatic heterocycles.